The number of morpholine rings is 1. The summed E-state index contributed by atoms with van der Waals surface area (Å²) in [5.41, 5.74) is 7.77. The number of pyridine rings is 1. The summed E-state index contributed by atoms with van der Waals surface area (Å²) in [5, 5.41) is 9.09. The van der Waals surface area contributed by atoms with Gasteiger partial charge in [-0.3, -0.25) is 9.88 Å². The molecular formula is C12H19N3O2. The van der Waals surface area contributed by atoms with E-state index < -0.39 is 0 Å². The SMILES string of the molecule is NCc1ncccc1CN1CCOC(CO)C1. The molecule has 1 fully saturated rings. The number of aliphatic hydroxyl groups excluding tert-OH is 1. The van der Waals surface area contributed by atoms with E-state index in [1.165, 1.54) is 0 Å². The summed E-state index contributed by atoms with van der Waals surface area (Å²) in [4.78, 5) is 6.53. The van der Waals surface area contributed by atoms with Crippen LogP contribution in [-0.4, -0.2) is 47.4 Å². The van der Waals surface area contributed by atoms with Crippen molar-refractivity contribution >= 4 is 0 Å². The third-order valence-corrected chi connectivity index (χ3v) is 3.00. The lowest BCUT2D eigenvalue weighted by atomic mass is 10.1. The van der Waals surface area contributed by atoms with Crippen molar-refractivity contribution in [1.82, 2.24) is 9.88 Å². The summed E-state index contributed by atoms with van der Waals surface area (Å²) in [6.45, 7) is 3.67. The zero-order chi connectivity index (χ0) is 12.1. The third-order valence-electron chi connectivity index (χ3n) is 3.00. The van der Waals surface area contributed by atoms with Crippen molar-refractivity contribution in [2.45, 2.75) is 19.2 Å². The first kappa shape index (κ1) is 12.4. The van der Waals surface area contributed by atoms with Crippen LogP contribution in [0.15, 0.2) is 18.3 Å². The van der Waals surface area contributed by atoms with Crippen molar-refractivity contribution in [3.63, 3.8) is 0 Å². The molecule has 0 aromatic carbocycles. The Balaban J connectivity index is 2.00. The Labute approximate surface area is 101 Å². The lowest BCUT2D eigenvalue weighted by Crippen LogP contribution is -2.43. The van der Waals surface area contributed by atoms with E-state index in [9.17, 15) is 0 Å². The summed E-state index contributed by atoms with van der Waals surface area (Å²) >= 11 is 0. The predicted molar refractivity (Wildman–Crippen MR) is 64.2 cm³/mol. The topological polar surface area (TPSA) is 71.6 Å². The number of aliphatic hydroxyl groups is 1. The molecule has 0 bridgehead atoms. The summed E-state index contributed by atoms with van der Waals surface area (Å²) in [6, 6.07) is 3.98. The van der Waals surface area contributed by atoms with Crippen LogP contribution in [0.1, 0.15) is 11.3 Å². The molecule has 2 rings (SSSR count). The fraction of sp³-hybridized carbons (Fsp3) is 0.583. The Hall–Kier alpha value is -1.01. The summed E-state index contributed by atoms with van der Waals surface area (Å²) in [7, 11) is 0. The number of nitrogens with two attached hydrogens (primary N) is 1. The molecule has 2 heterocycles. The van der Waals surface area contributed by atoms with Crippen LogP contribution in [-0.2, 0) is 17.8 Å². The monoisotopic (exact) mass is 237 g/mol. The summed E-state index contributed by atoms with van der Waals surface area (Å²) < 4.78 is 5.42. The maximum absolute atomic E-state index is 9.09. The fourth-order valence-electron chi connectivity index (χ4n) is 2.07. The van der Waals surface area contributed by atoms with Gasteiger partial charge in [0.1, 0.15) is 0 Å². The number of hydrogen-bond donors (Lipinski definition) is 2. The number of ether oxygens (including phenoxy) is 1. The van der Waals surface area contributed by atoms with Crippen LogP contribution in [0.2, 0.25) is 0 Å². The third kappa shape index (κ3) is 3.23. The van der Waals surface area contributed by atoms with Crippen LogP contribution in [0.5, 0.6) is 0 Å². The normalized spacial score (nSPS) is 21.6. The molecule has 94 valence electrons. The van der Waals surface area contributed by atoms with Gasteiger partial charge in [-0.05, 0) is 11.6 Å². The molecule has 1 saturated heterocycles. The highest BCUT2D eigenvalue weighted by atomic mass is 16.5. The largest absolute Gasteiger partial charge is 0.394 e. The smallest absolute Gasteiger partial charge is 0.0933 e. The molecule has 0 saturated carbocycles. The van der Waals surface area contributed by atoms with Gasteiger partial charge in [-0.2, -0.15) is 0 Å². The van der Waals surface area contributed by atoms with Crippen LogP contribution in [0, 0.1) is 0 Å². The fourth-order valence-corrected chi connectivity index (χ4v) is 2.07. The molecule has 0 radical (unpaired) electrons. The number of aromatic nitrogens is 1. The molecule has 3 N–H and O–H groups in total. The molecule has 1 aliphatic heterocycles. The van der Waals surface area contributed by atoms with E-state index in [0.717, 1.165) is 30.9 Å². The minimum absolute atomic E-state index is 0.0678. The zero-order valence-corrected chi connectivity index (χ0v) is 9.88. The van der Waals surface area contributed by atoms with Gasteiger partial charge in [-0.15, -0.1) is 0 Å². The van der Waals surface area contributed by atoms with Gasteiger partial charge in [0.15, 0.2) is 0 Å². The first-order valence-electron chi connectivity index (χ1n) is 5.91. The Morgan fingerprint density at radius 3 is 3.24 bits per heavy atom. The van der Waals surface area contributed by atoms with E-state index >= 15 is 0 Å². The van der Waals surface area contributed by atoms with Crippen molar-refractivity contribution in [3.8, 4) is 0 Å². The Morgan fingerprint density at radius 1 is 1.59 bits per heavy atom. The van der Waals surface area contributed by atoms with Crippen LogP contribution in [0.3, 0.4) is 0 Å². The van der Waals surface area contributed by atoms with Gasteiger partial charge in [-0.1, -0.05) is 6.07 Å². The highest BCUT2D eigenvalue weighted by Crippen LogP contribution is 2.12. The molecule has 0 aliphatic carbocycles. The first-order chi connectivity index (χ1) is 8.33. The van der Waals surface area contributed by atoms with E-state index in [0.29, 0.717) is 13.2 Å². The molecule has 0 spiro atoms. The molecule has 17 heavy (non-hydrogen) atoms. The highest BCUT2D eigenvalue weighted by Gasteiger charge is 2.20. The van der Waals surface area contributed by atoms with Crippen LogP contribution in [0.4, 0.5) is 0 Å². The average molecular weight is 237 g/mol. The molecule has 1 aromatic heterocycles. The zero-order valence-electron chi connectivity index (χ0n) is 9.88. The van der Waals surface area contributed by atoms with Crippen molar-refractivity contribution in [2.24, 2.45) is 5.73 Å². The lowest BCUT2D eigenvalue weighted by molar-refractivity contribution is -0.0551. The van der Waals surface area contributed by atoms with Gasteiger partial charge in [0.25, 0.3) is 0 Å². The van der Waals surface area contributed by atoms with E-state index in [4.69, 9.17) is 15.6 Å². The second-order valence-electron chi connectivity index (χ2n) is 4.22. The summed E-state index contributed by atoms with van der Waals surface area (Å²) in [5.74, 6) is 0. The summed E-state index contributed by atoms with van der Waals surface area (Å²) in [6.07, 6.45) is 1.70. The minimum atomic E-state index is -0.0678. The Morgan fingerprint density at radius 2 is 2.47 bits per heavy atom. The number of rotatable bonds is 4. The maximum Gasteiger partial charge on any atom is 0.0933 e. The quantitative estimate of drug-likeness (QED) is 0.754. The molecule has 1 unspecified atom stereocenters. The second-order valence-corrected chi connectivity index (χ2v) is 4.22. The van der Waals surface area contributed by atoms with Gasteiger partial charge < -0.3 is 15.6 Å². The maximum atomic E-state index is 9.09. The van der Waals surface area contributed by atoms with Crippen molar-refractivity contribution in [3.05, 3.63) is 29.6 Å². The van der Waals surface area contributed by atoms with Gasteiger partial charge in [0.05, 0.1) is 25.0 Å². The van der Waals surface area contributed by atoms with Gasteiger partial charge in [-0.25, -0.2) is 0 Å². The van der Waals surface area contributed by atoms with E-state index in [2.05, 4.69) is 16.0 Å². The standard InChI is InChI=1S/C12H19N3O2/c13-6-12-10(2-1-3-14-12)7-15-4-5-17-11(8-15)9-16/h1-3,11,16H,4-9,13H2. The molecular weight excluding hydrogens is 218 g/mol. The van der Waals surface area contributed by atoms with Gasteiger partial charge >= 0.3 is 0 Å². The number of hydrogen-bond acceptors (Lipinski definition) is 5. The molecule has 5 heteroatoms. The number of nitrogens with zero attached hydrogens (tertiary/aromatic N) is 2. The predicted octanol–water partition coefficient (Wildman–Crippen LogP) is -0.267. The van der Waals surface area contributed by atoms with E-state index in [1.54, 1.807) is 6.20 Å². The average Bonchev–Trinajstić information content (AvgIpc) is 2.39. The lowest BCUT2D eigenvalue weighted by Gasteiger charge is -2.32. The molecule has 1 aromatic rings. The molecule has 1 atom stereocenters. The van der Waals surface area contributed by atoms with Crippen LogP contribution < -0.4 is 5.73 Å². The highest BCUT2D eigenvalue weighted by molar-refractivity contribution is 5.19. The van der Waals surface area contributed by atoms with Crippen LogP contribution >= 0.6 is 0 Å². The minimum Gasteiger partial charge on any atom is -0.394 e. The van der Waals surface area contributed by atoms with Crippen molar-refractivity contribution < 1.29 is 9.84 Å². The first-order valence-corrected chi connectivity index (χ1v) is 5.91. The van der Waals surface area contributed by atoms with E-state index in [1.807, 2.05) is 6.07 Å². The second kappa shape index (κ2) is 6.07. The molecule has 1 aliphatic rings. The van der Waals surface area contributed by atoms with Gasteiger partial charge in [0.2, 0.25) is 0 Å². The van der Waals surface area contributed by atoms with E-state index in [-0.39, 0.29) is 12.7 Å². The molecule has 5 nitrogen and oxygen atoms in total. The van der Waals surface area contributed by atoms with Crippen molar-refractivity contribution in [1.29, 1.82) is 0 Å². The Kier molecular flexibility index (Phi) is 4.44. The van der Waals surface area contributed by atoms with Crippen LogP contribution in [0.25, 0.3) is 0 Å². The van der Waals surface area contributed by atoms with Gasteiger partial charge in [0, 0.05) is 32.4 Å². The molecule has 0 amide bonds. The Bertz CT molecular complexity index is 359. The van der Waals surface area contributed by atoms with Crippen molar-refractivity contribution in [2.75, 3.05) is 26.3 Å².